The summed E-state index contributed by atoms with van der Waals surface area (Å²) in [5.74, 6) is 0.558. The highest BCUT2D eigenvalue weighted by molar-refractivity contribution is 7.93. The van der Waals surface area contributed by atoms with Gasteiger partial charge in [-0.1, -0.05) is 42.7 Å². The van der Waals surface area contributed by atoms with Crippen LogP contribution in [0.2, 0.25) is 0 Å². The van der Waals surface area contributed by atoms with Gasteiger partial charge in [-0.05, 0) is 55.5 Å². The summed E-state index contributed by atoms with van der Waals surface area (Å²) in [6.07, 6.45) is 6.22. The van der Waals surface area contributed by atoms with E-state index in [1.807, 2.05) is 31.2 Å². The van der Waals surface area contributed by atoms with Gasteiger partial charge in [0, 0.05) is 0 Å². The lowest BCUT2D eigenvalue weighted by molar-refractivity contribution is 0.443. The number of nitrogens with zero attached hydrogens (tertiary/aromatic N) is 2. The van der Waals surface area contributed by atoms with Crippen LogP contribution in [0.1, 0.15) is 48.6 Å². The van der Waals surface area contributed by atoms with Gasteiger partial charge in [0.1, 0.15) is 0 Å². The fourth-order valence-corrected chi connectivity index (χ4v) is 7.30. The molecule has 2 aromatic carbocycles. The quantitative estimate of drug-likeness (QED) is 0.416. The Morgan fingerprint density at radius 2 is 1.55 bits per heavy atom. The van der Waals surface area contributed by atoms with Gasteiger partial charge in [0.15, 0.2) is 5.13 Å². The van der Waals surface area contributed by atoms with E-state index in [1.54, 1.807) is 23.5 Å². The first kappa shape index (κ1) is 19.0. The van der Waals surface area contributed by atoms with Gasteiger partial charge in [0.25, 0.3) is 10.0 Å². The lowest BCUT2D eigenvalue weighted by Gasteiger charge is -2.22. The summed E-state index contributed by atoms with van der Waals surface area (Å²) in [6.45, 7) is 1.97. The number of sulfonamides is 1. The topological polar surface area (TPSA) is 72.0 Å². The fraction of sp³-hybridized carbons (Fsp3) is 0.333. The van der Waals surface area contributed by atoms with Crippen LogP contribution in [0.25, 0.3) is 20.4 Å². The maximum Gasteiger partial charge on any atom is 0.263 e. The first-order valence-electron chi connectivity index (χ1n) is 9.79. The van der Waals surface area contributed by atoms with Gasteiger partial charge in [0.2, 0.25) is 0 Å². The average molecular weight is 444 g/mol. The summed E-state index contributed by atoms with van der Waals surface area (Å²) >= 11 is 2.96. The van der Waals surface area contributed by atoms with E-state index in [2.05, 4.69) is 14.7 Å². The molecule has 2 heterocycles. The molecule has 0 spiro atoms. The van der Waals surface area contributed by atoms with E-state index in [1.165, 1.54) is 49.0 Å². The van der Waals surface area contributed by atoms with Gasteiger partial charge in [0.05, 0.1) is 30.3 Å². The van der Waals surface area contributed by atoms with Gasteiger partial charge in [-0.25, -0.2) is 18.4 Å². The van der Waals surface area contributed by atoms with E-state index in [-0.39, 0.29) is 4.90 Å². The Morgan fingerprint density at radius 3 is 2.28 bits per heavy atom. The molecular weight excluding hydrogens is 422 g/mol. The van der Waals surface area contributed by atoms with E-state index in [9.17, 15) is 8.42 Å². The second kappa shape index (κ2) is 7.34. The Hall–Kier alpha value is -2.03. The summed E-state index contributed by atoms with van der Waals surface area (Å²) in [7, 11) is -3.67. The third kappa shape index (κ3) is 3.65. The minimum absolute atomic E-state index is 0.273. The van der Waals surface area contributed by atoms with Gasteiger partial charge in [-0.2, -0.15) is 0 Å². The van der Waals surface area contributed by atoms with Crippen LogP contribution < -0.4 is 4.72 Å². The first-order valence-corrected chi connectivity index (χ1v) is 12.9. The molecule has 0 bridgehead atoms. The number of benzene rings is 2. The highest BCUT2D eigenvalue weighted by Crippen LogP contribution is 2.37. The predicted octanol–water partition coefficient (Wildman–Crippen LogP) is 6.06. The molecule has 1 aliphatic rings. The fourth-order valence-electron chi connectivity index (χ4n) is 4.06. The standard InChI is InChI=1S/C21H21N3O2S3/c1-13-22-17-11-12-18-20(19(17)27-13)28-21(23-18)24-29(25,26)16-9-7-15(8-10-16)14-5-3-2-4-6-14/h7-12,14H,2-6H2,1H3,(H,23,24). The molecule has 0 radical (unpaired) electrons. The maximum atomic E-state index is 12.9. The van der Waals surface area contributed by atoms with Crippen molar-refractivity contribution in [2.75, 3.05) is 4.72 Å². The Labute approximate surface area is 177 Å². The highest BCUT2D eigenvalue weighted by Gasteiger charge is 2.20. The van der Waals surface area contributed by atoms with Gasteiger partial charge in [-0.3, -0.25) is 4.72 Å². The van der Waals surface area contributed by atoms with Crippen LogP contribution in [-0.4, -0.2) is 18.4 Å². The number of aryl methyl sites for hydroxylation is 1. The number of hydrogen-bond acceptors (Lipinski definition) is 6. The van der Waals surface area contributed by atoms with Crippen molar-refractivity contribution in [1.82, 2.24) is 9.97 Å². The number of fused-ring (bicyclic) bond motifs is 3. The number of hydrogen-bond donors (Lipinski definition) is 1. The average Bonchev–Trinajstić information content (AvgIpc) is 3.30. The molecule has 0 saturated heterocycles. The largest absolute Gasteiger partial charge is 0.263 e. The van der Waals surface area contributed by atoms with Crippen LogP contribution in [0.15, 0.2) is 41.3 Å². The Bertz CT molecular complexity index is 1280. The second-order valence-electron chi connectivity index (χ2n) is 7.52. The molecule has 8 heteroatoms. The zero-order valence-corrected chi connectivity index (χ0v) is 18.5. The van der Waals surface area contributed by atoms with Crippen LogP contribution >= 0.6 is 22.7 Å². The zero-order chi connectivity index (χ0) is 20.0. The minimum Gasteiger partial charge on any atom is -0.255 e. The summed E-state index contributed by atoms with van der Waals surface area (Å²) in [5, 5.41) is 1.37. The summed E-state index contributed by atoms with van der Waals surface area (Å²) in [5.41, 5.74) is 2.96. The third-order valence-electron chi connectivity index (χ3n) is 5.51. The first-order chi connectivity index (χ1) is 14.0. The van der Waals surface area contributed by atoms with Crippen LogP contribution in [-0.2, 0) is 10.0 Å². The summed E-state index contributed by atoms with van der Waals surface area (Å²) in [4.78, 5) is 9.25. The molecule has 0 unspecified atom stereocenters. The molecule has 0 aliphatic heterocycles. The molecule has 1 fully saturated rings. The zero-order valence-electron chi connectivity index (χ0n) is 16.0. The van der Waals surface area contributed by atoms with Crippen molar-refractivity contribution in [1.29, 1.82) is 0 Å². The molecule has 1 saturated carbocycles. The molecule has 1 aliphatic carbocycles. The third-order valence-corrected chi connectivity index (χ3v) is 9.13. The smallest absolute Gasteiger partial charge is 0.255 e. The molecule has 1 N–H and O–H groups in total. The Morgan fingerprint density at radius 1 is 0.897 bits per heavy atom. The number of thiazole rings is 2. The Balaban J connectivity index is 1.42. The maximum absolute atomic E-state index is 12.9. The van der Waals surface area contributed by atoms with E-state index in [0.717, 1.165) is 25.4 Å². The van der Waals surface area contributed by atoms with Crippen molar-refractivity contribution < 1.29 is 8.42 Å². The highest BCUT2D eigenvalue weighted by atomic mass is 32.2. The van der Waals surface area contributed by atoms with Crippen molar-refractivity contribution >= 4 is 58.3 Å². The lowest BCUT2D eigenvalue weighted by atomic mass is 9.84. The molecular formula is C21H21N3O2S3. The van der Waals surface area contributed by atoms with Crippen LogP contribution in [0.5, 0.6) is 0 Å². The predicted molar refractivity (Wildman–Crippen MR) is 121 cm³/mol. The van der Waals surface area contributed by atoms with E-state index < -0.39 is 10.0 Å². The van der Waals surface area contributed by atoms with Crippen LogP contribution in [0.3, 0.4) is 0 Å². The molecule has 4 aromatic rings. The number of anilines is 1. The van der Waals surface area contributed by atoms with Gasteiger partial charge in [-0.15, -0.1) is 11.3 Å². The summed E-state index contributed by atoms with van der Waals surface area (Å²) < 4.78 is 30.4. The lowest BCUT2D eigenvalue weighted by Crippen LogP contribution is -2.13. The monoisotopic (exact) mass is 443 g/mol. The Kier molecular flexibility index (Phi) is 4.80. The van der Waals surface area contributed by atoms with Crippen molar-refractivity contribution in [2.45, 2.75) is 49.8 Å². The van der Waals surface area contributed by atoms with E-state index in [4.69, 9.17) is 0 Å². The molecule has 5 nitrogen and oxygen atoms in total. The second-order valence-corrected chi connectivity index (χ2v) is 11.4. The molecule has 5 rings (SSSR count). The normalized spacial score (nSPS) is 15.9. The molecule has 2 aromatic heterocycles. The molecule has 29 heavy (non-hydrogen) atoms. The van der Waals surface area contributed by atoms with Gasteiger partial charge >= 0.3 is 0 Å². The van der Waals surface area contributed by atoms with Crippen LogP contribution in [0.4, 0.5) is 5.13 Å². The van der Waals surface area contributed by atoms with Crippen molar-refractivity contribution in [3.8, 4) is 0 Å². The van der Waals surface area contributed by atoms with Crippen molar-refractivity contribution in [3.05, 3.63) is 47.0 Å². The summed E-state index contributed by atoms with van der Waals surface area (Å²) in [6, 6.07) is 11.2. The molecule has 150 valence electrons. The number of rotatable bonds is 4. The molecule has 0 atom stereocenters. The van der Waals surface area contributed by atoms with E-state index in [0.29, 0.717) is 11.0 Å². The number of nitrogens with one attached hydrogen (secondary N) is 1. The van der Waals surface area contributed by atoms with Gasteiger partial charge < -0.3 is 0 Å². The SMILES string of the molecule is Cc1nc2ccc3nc(NS(=O)(=O)c4ccc(C5CCCCC5)cc4)sc3c2s1. The van der Waals surface area contributed by atoms with E-state index >= 15 is 0 Å². The van der Waals surface area contributed by atoms with Crippen molar-refractivity contribution in [3.63, 3.8) is 0 Å². The minimum atomic E-state index is -3.67. The number of aromatic nitrogens is 2. The van der Waals surface area contributed by atoms with Crippen molar-refractivity contribution in [2.24, 2.45) is 0 Å². The molecule has 0 amide bonds. The van der Waals surface area contributed by atoms with Crippen LogP contribution in [0, 0.1) is 6.92 Å².